The molecule has 2 aromatic rings. The smallest absolute Gasteiger partial charge is 0.272 e. The van der Waals surface area contributed by atoms with Crippen LogP contribution in [0.3, 0.4) is 0 Å². The molecule has 28 heavy (non-hydrogen) atoms. The number of aryl methyl sites for hydroxylation is 1. The minimum atomic E-state index is 0.0184. The molecule has 2 saturated heterocycles. The summed E-state index contributed by atoms with van der Waals surface area (Å²) in [5.41, 5.74) is 1.74. The van der Waals surface area contributed by atoms with Crippen molar-refractivity contribution in [1.82, 2.24) is 14.9 Å². The molecule has 0 radical (unpaired) electrons. The zero-order valence-electron chi connectivity index (χ0n) is 16.8. The predicted molar refractivity (Wildman–Crippen MR) is 112 cm³/mol. The molecule has 2 aliphatic rings. The van der Waals surface area contributed by atoms with E-state index in [1.165, 1.54) is 18.5 Å². The van der Waals surface area contributed by atoms with Gasteiger partial charge in [0, 0.05) is 51.0 Å². The fourth-order valence-electron chi connectivity index (χ4n) is 4.03. The molecule has 3 heterocycles. The van der Waals surface area contributed by atoms with Crippen molar-refractivity contribution in [2.24, 2.45) is 5.92 Å². The number of rotatable bonds is 3. The third kappa shape index (κ3) is 4.11. The van der Waals surface area contributed by atoms with Gasteiger partial charge in [-0.15, -0.1) is 0 Å². The summed E-state index contributed by atoms with van der Waals surface area (Å²) in [4.78, 5) is 28.7. The fourth-order valence-corrected chi connectivity index (χ4v) is 4.03. The van der Waals surface area contributed by atoms with Crippen LogP contribution < -0.4 is 9.80 Å². The van der Waals surface area contributed by atoms with Crippen LogP contribution in [0.5, 0.6) is 0 Å². The van der Waals surface area contributed by atoms with Gasteiger partial charge in [0.1, 0.15) is 17.3 Å². The van der Waals surface area contributed by atoms with Crippen molar-refractivity contribution in [3.63, 3.8) is 0 Å². The van der Waals surface area contributed by atoms with Gasteiger partial charge in [-0.1, -0.05) is 25.1 Å². The molecule has 6 heteroatoms. The van der Waals surface area contributed by atoms with Crippen molar-refractivity contribution < 1.29 is 4.79 Å². The number of para-hydroxylation sites is 1. The molecule has 1 amide bonds. The normalized spacial score (nSPS) is 18.4. The molecule has 0 atom stereocenters. The lowest BCUT2D eigenvalue weighted by molar-refractivity contribution is 0.0740. The summed E-state index contributed by atoms with van der Waals surface area (Å²) < 4.78 is 0. The van der Waals surface area contributed by atoms with Crippen molar-refractivity contribution in [3.8, 4) is 0 Å². The Morgan fingerprint density at radius 1 is 0.929 bits per heavy atom. The largest absolute Gasteiger partial charge is 0.368 e. The lowest BCUT2D eigenvalue weighted by atomic mass is 9.99. The molecule has 0 unspecified atom stereocenters. The first-order valence-electron chi connectivity index (χ1n) is 10.3. The molecule has 0 saturated carbocycles. The molecule has 6 nitrogen and oxygen atoms in total. The second-order valence-corrected chi connectivity index (χ2v) is 7.94. The van der Waals surface area contributed by atoms with Crippen LogP contribution in [0.2, 0.25) is 0 Å². The highest BCUT2D eigenvalue weighted by Crippen LogP contribution is 2.23. The lowest BCUT2D eigenvalue weighted by Gasteiger charge is -2.36. The molecular weight excluding hydrogens is 350 g/mol. The van der Waals surface area contributed by atoms with Gasteiger partial charge in [-0.3, -0.25) is 4.79 Å². The first-order valence-corrected chi connectivity index (χ1v) is 10.3. The van der Waals surface area contributed by atoms with Gasteiger partial charge in [0.05, 0.1) is 0 Å². The number of anilines is 2. The Morgan fingerprint density at radius 2 is 1.61 bits per heavy atom. The van der Waals surface area contributed by atoms with Crippen LogP contribution in [0.15, 0.2) is 36.4 Å². The molecule has 0 aliphatic carbocycles. The van der Waals surface area contributed by atoms with Gasteiger partial charge < -0.3 is 14.7 Å². The molecule has 2 fully saturated rings. The minimum Gasteiger partial charge on any atom is -0.368 e. The van der Waals surface area contributed by atoms with Crippen LogP contribution in [0.1, 0.15) is 36.1 Å². The maximum atomic E-state index is 13.1. The number of nitrogens with zero attached hydrogens (tertiary/aromatic N) is 5. The zero-order valence-corrected chi connectivity index (χ0v) is 16.8. The van der Waals surface area contributed by atoms with E-state index in [1.54, 1.807) is 0 Å². The molecule has 2 aliphatic heterocycles. The molecule has 1 aromatic heterocycles. The fraction of sp³-hybridized carbons (Fsp3) is 0.500. The number of hydrogen-bond donors (Lipinski definition) is 0. The van der Waals surface area contributed by atoms with Crippen molar-refractivity contribution in [2.45, 2.75) is 26.7 Å². The second kappa shape index (κ2) is 8.17. The number of benzene rings is 1. The van der Waals surface area contributed by atoms with Crippen LogP contribution in [0.25, 0.3) is 0 Å². The van der Waals surface area contributed by atoms with E-state index < -0.39 is 0 Å². The van der Waals surface area contributed by atoms with Gasteiger partial charge in [-0.25, -0.2) is 9.97 Å². The summed E-state index contributed by atoms with van der Waals surface area (Å²) in [6.07, 6.45) is 2.35. The van der Waals surface area contributed by atoms with E-state index >= 15 is 0 Å². The summed E-state index contributed by atoms with van der Waals surface area (Å²) >= 11 is 0. The average molecular weight is 380 g/mol. The Balaban J connectivity index is 1.43. The van der Waals surface area contributed by atoms with Gasteiger partial charge in [0.25, 0.3) is 5.91 Å². The molecule has 0 bridgehead atoms. The SMILES string of the molecule is Cc1nc(C(=O)N2CCN(c3ccccc3)CC2)cc(N2CCC(C)CC2)n1. The molecule has 1 aromatic carbocycles. The number of hydrogen-bond acceptors (Lipinski definition) is 5. The van der Waals surface area contributed by atoms with Crippen LogP contribution in [-0.2, 0) is 0 Å². The molecule has 0 N–H and O–H groups in total. The van der Waals surface area contributed by atoms with Crippen molar-refractivity contribution in [1.29, 1.82) is 0 Å². The van der Waals surface area contributed by atoms with E-state index in [0.29, 0.717) is 24.6 Å². The summed E-state index contributed by atoms with van der Waals surface area (Å²) in [6, 6.07) is 12.3. The predicted octanol–water partition coefficient (Wildman–Crippen LogP) is 2.98. The maximum Gasteiger partial charge on any atom is 0.272 e. The second-order valence-electron chi connectivity index (χ2n) is 7.94. The van der Waals surface area contributed by atoms with Crippen LogP contribution in [0.4, 0.5) is 11.5 Å². The zero-order chi connectivity index (χ0) is 19.5. The molecule has 4 rings (SSSR count). The van der Waals surface area contributed by atoms with Crippen molar-refractivity contribution >= 4 is 17.4 Å². The van der Waals surface area contributed by atoms with Gasteiger partial charge >= 0.3 is 0 Å². The van der Waals surface area contributed by atoms with Crippen LogP contribution in [-0.4, -0.2) is 60.0 Å². The summed E-state index contributed by atoms with van der Waals surface area (Å²) in [5, 5.41) is 0. The third-order valence-corrected chi connectivity index (χ3v) is 5.84. The van der Waals surface area contributed by atoms with E-state index in [-0.39, 0.29) is 5.91 Å². The monoisotopic (exact) mass is 379 g/mol. The van der Waals surface area contributed by atoms with E-state index in [1.807, 2.05) is 24.0 Å². The summed E-state index contributed by atoms with van der Waals surface area (Å²) in [7, 11) is 0. The first kappa shape index (κ1) is 18.7. The van der Waals surface area contributed by atoms with Gasteiger partial charge in [0.2, 0.25) is 0 Å². The highest BCUT2D eigenvalue weighted by atomic mass is 16.2. The van der Waals surface area contributed by atoms with Crippen molar-refractivity contribution in [3.05, 3.63) is 47.9 Å². The van der Waals surface area contributed by atoms with Crippen molar-refractivity contribution in [2.75, 3.05) is 49.1 Å². The molecule has 0 spiro atoms. The number of amides is 1. The summed E-state index contributed by atoms with van der Waals surface area (Å²) in [6.45, 7) is 9.29. The van der Waals surface area contributed by atoms with Crippen LogP contribution >= 0.6 is 0 Å². The number of aromatic nitrogens is 2. The van der Waals surface area contributed by atoms with E-state index in [2.05, 4.69) is 51.0 Å². The number of piperidine rings is 1. The van der Waals surface area contributed by atoms with Gasteiger partial charge in [-0.05, 0) is 37.8 Å². The highest BCUT2D eigenvalue weighted by molar-refractivity contribution is 5.93. The molecular formula is C22H29N5O. The quantitative estimate of drug-likeness (QED) is 0.821. The van der Waals surface area contributed by atoms with E-state index in [4.69, 9.17) is 0 Å². The number of carbonyl (C=O) groups excluding carboxylic acids is 1. The Hall–Kier alpha value is -2.63. The minimum absolute atomic E-state index is 0.0184. The average Bonchev–Trinajstić information content (AvgIpc) is 2.74. The first-order chi connectivity index (χ1) is 13.6. The topological polar surface area (TPSA) is 52.6 Å². The summed E-state index contributed by atoms with van der Waals surface area (Å²) in [5.74, 6) is 2.35. The molecule has 148 valence electrons. The van der Waals surface area contributed by atoms with Gasteiger partial charge in [-0.2, -0.15) is 0 Å². The Bertz CT molecular complexity index is 809. The van der Waals surface area contributed by atoms with E-state index in [9.17, 15) is 4.79 Å². The highest BCUT2D eigenvalue weighted by Gasteiger charge is 2.25. The number of carbonyl (C=O) groups is 1. The van der Waals surface area contributed by atoms with E-state index in [0.717, 1.165) is 37.9 Å². The van der Waals surface area contributed by atoms with Crippen LogP contribution in [0, 0.1) is 12.8 Å². The maximum absolute atomic E-state index is 13.1. The third-order valence-electron chi connectivity index (χ3n) is 5.84. The lowest BCUT2D eigenvalue weighted by Crippen LogP contribution is -2.49. The Labute approximate surface area is 167 Å². The standard InChI is InChI=1S/C22H29N5O/c1-17-8-10-26(11-9-17)21-16-20(23-18(2)24-21)22(28)27-14-12-25(13-15-27)19-6-4-3-5-7-19/h3-7,16-17H,8-15H2,1-2H3. The number of piperazine rings is 1. The van der Waals surface area contributed by atoms with Gasteiger partial charge in [0.15, 0.2) is 0 Å². The Kier molecular flexibility index (Phi) is 5.46. The Morgan fingerprint density at radius 3 is 2.29 bits per heavy atom.